The largest absolute Gasteiger partial charge is 0.308 e. The molecule has 0 fully saturated rings. The van der Waals surface area contributed by atoms with Gasteiger partial charge in [-0.05, 0) is 14.1 Å². The number of nitrogens with zero attached hydrogens (tertiary/aromatic N) is 4. The molecule has 0 bridgehead atoms. The summed E-state index contributed by atoms with van der Waals surface area (Å²) in [5.41, 5.74) is 1.91. The number of hydrogen-bond donors (Lipinski definition) is 1. The van der Waals surface area contributed by atoms with E-state index in [1.807, 2.05) is 27.3 Å². The topological polar surface area (TPSA) is 56.9 Å². The number of aryl methyl sites for hydroxylation is 1. The minimum Gasteiger partial charge on any atom is -0.308 e. The van der Waals surface area contributed by atoms with Crippen LogP contribution in [0.1, 0.15) is 38.1 Å². The number of rotatable bonds is 5. The van der Waals surface area contributed by atoms with E-state index < -0.39 is 0 Å². The lowest BCUT2D eigenvalue weighted by molar-refractivity contribution is 0.394. The Morgan fingerprint density at radius 2 is 2.11 bits per heavy atom. The van der Waals surface area contributed by atoms with Gasteiger partial charge in [0.05, 0.1) is 11.8 Å². The molecular formula is C14H25N5. The highest BCUT2D eigenvalue weighted by atomic mass is 15.3. The van der Waals surface area contributed by atoms with Gasteiger partial charge in [0.1, 0.15) is 6.04 Å². The molecule has 0 aliphatic rings. The molecule has 1 aromatic heterocycles. The monoisotopic (exact) mass is 263 g/mol. The fraction of sp³-hybridized carbons (Fsp3) is 0.714. The quantitative estimate of drug-likeness (QED) is 0.873. The van der Waals surface area contributed by atoms with Crippen LogP contribution in [-0.4, -0.2) is 41.9 Å². The van der Waals surface area contributed by atoms with E-state index in [9.17, 15) is 5.26 Å². The van der Waals surface area contributed by atoms with Crippen molar-refractivity contribution in [1.29, 1.82) is 5.26 Å². The Hall–Kier alpha value is -1.38. The van der Waals surface area contributed by atoms with Crippen molar-refractivity contribution in [3.8, 4) is 6.07 Å². The van der Waals surface area contributed by atoms with E-state index in [0.717, 1.165) is 24.3 Å². The molecule has 106 valence electrons. The van der Waals surface area contributed by atoms with Gasteiger partial charge < -0.3 is 4.90 Å². The van der Waals surface area contributed by atoms with E-state index >= 15 is 0 Å². The number of likely N-dealkylation sites (N-methyl/N-ethyl adjacent to an activating group) is 1. The van der Waals surface area contributed by atoms with Crippen LogP contribution in [0, 0.1) is 11.3 Å². The Kier molecular flexibility index (Phi) is 5.10. The highest BCUT2D eigenvalue weighted by molar-refractivity contribution is 5.31. The summed E-state index contributed by atoms with van der Waals surface area (Å²) in [6, 6.07) is 2.03. The number of hydrogen-bond acceptors (Lipinski definition) is 4. The van der Waals surface area contributed by atoms with Gasteiger partial charge in [-0.2, -0.15) is 10.4 Å². The van der Waals surface area contributed by atoms with E-state index in [2.05, 4.69) is 42.2 Å². The summed E-state index contributed by atoms with van der Waals surface area (Å²) < 4.78 is 1.79. The summed E-state index contributed by atoms with van der Waals surface area (Å²) in [6.45, 7) is 8.04. The first kappa shape index (κ1) is 15.7. The zero-order valence-electron chi connectivity index (χ0n) is 12.9. The highest BCUT2D eigenvalue weighted by Gasteiger charge is 2.26. The fourth-order valence-corrected chi connectivity index (χ4v) is 1.96. The molecule has 1 aromatic rings. The van der Waals surface area contributed by atoms with Crippen molar-refractivity contribution in [2.45, 2.75) is 32.2 Å². The zero-order chi connectivity index (χ0) is 14.6. The summed E-state index contributed by atoms with van der Waals surface area (Å²) in [5, 5.41) is 17.2. The first-order chi connectivity index (χ1) is 8.75. The molecule has 1 atom stereocenters. The second-order valence-corrected chi connectivity index (χ2v) is 6.18. The SMILES string of the molecule is CN(C)CCNC(C#N)c1cn(C)nc1C(C)(C)C. The Morgan fingerprint density at radius 3 is 2.58 bits per heavy atom. The van der Waals surface area contributed by atoms with Crippen LogP contribution in [0.25, 0.3) is 0 Å². The maximum atomic E-state index is 9.38. The molecule has 5 heteroatoms. The van der Waals surface area contributed by atoms with Crippen LogP contribution in [0.15, 0.2) is 6.20 Å². The van der Waals surface area contributed by atoms with Crippen LogP contribution in [0.5, 0.6) is 0 Å². The number of nitriles is 1. The van der Waals surface area contributed by atoms with E-state index in [1.165, 1.54) is 0 Å². The van der Waals surface area contributed by atoms with Crippen molar-refractivity contribution >= 4 is 0 Å². The number of aromatic nitrogens is 2. The smallest absolute Gasteiger partial charge is 0.124 e. The third-order valence-corrected chi connectivity index (χ3v) is 2.92. The molecule has 0 aliphatic carbocycles. The van der Waals surface area contributed by atoms with Gasteiger partial charge in [-0.3, -0.25) is 10.00 Å². The first-order valence-corrected chi connectivity index (χ1v) is 6.57. The van der Waals surface area contributed by atoms with Crippen LogP contribution in [-0.2, 0) is 12.5 Å². The van der Waals surface area contributed by atoms with Crippen molar-refractivity contribution in [2.75, 3.05) is 27.2 Å². The normalized spacial score (nSPS) is 13.6. The van der Waals surface area contributed by atoms with Crippen molar-refractivity contribution < 1.29 is 0 Å². The lowest BCUT2D eigenvalue weighted by Gasteiger charge is -2.20. The molecule has 0 aromatic carbocycles. The molecule has 0 radical (unpaired) electrons. The summed E-state index contributed by atoms with van der Waals surface area (Å²) >= 11 is 0. The van der Waals surface area contributed by atoms with Gasteiger partial charge in [-0.15, -0.1) is 0 Å². The second kappa shape index (κ2) is 6.18. The Bertz CT molecular complexity index is 447. The minimum absolute atomic E-state index is 0.0606. The molecule has 1 unspecified atom stereocenters. The van der Waals surface area contributed by atoms with Crippen molar-refractivity contribution in [3.63, 3.8) is 0 Å². The van der Waals surface area contributed by atoms with Crippen molar-refractivity contribution in [2.24, 2.45) is 7.05 Å². The summed E-state index contributed by atoms with van der Waals surface area (Å²) in [6.07, 6.45) is 1.94. The van der Waals surface area contributed by atoms with Gasteiger partial charge in [-0.25, -0.2) is 0 Å². The molecule has 19 heavy (non-hydrogen) atoms. The predicted octanol–water partition coefficient (Wildman–Crippen LogP) is 1.43. The first-order valence-electron chi connectivity index (χ1n) is 6.57. The summed E-state index contributed by atoms with van der Waals surface area (Å²) in [5.74, 6) is 0. The Balaban J connectivity index is 2.90. The molecule has 0 saturated heterocycles. The maximum Gasteiger partial charge on any atom is 0.124 e. The minimum atomic E-state index is -0.303. The molecule has 5 nitrogen and oxygen atoms in total. The molecule has 1 heterocycles. The fourth-order valence-electron chi connectivity index (χ4n) is 1.96. The molecule has 1 N–H and O–H groups in total. The third kappa shape index (κ3) is 4.34. The summed E-state index contributed by atoms with van der Waals surface area (Å²) in [7, 11) is 5.94. The van der Waals surface area contributed by atoms with Crippen LogP contribution in [0.2, 0.25) is 0 Å². The lowest BCUT2D eigenvalue weighted by Crippen LogP contribution is -2.30. The lowest BCUT2D eigenvalue weighted by atomic mass is 9.88. The highest BCUT2D eigenvalue weighted by Crippen LogP contribution is 2.28. The van der Waals surface area contributed by atoms with Gasteiger partial charge in [0.25, 0.3) is 0 Å². The molecule has 0 aliphatic heterocycles. The predicted molar refractivity (Wildman–Crippen MR) is 76.8 cm³/mol. The van der Waals surface area contributed by atoms with Gasteiger partial charge >= 0.3 is 0 Å². The van der Waals surface area contributed by atoms with E-state index in [4.69, 9.17) is 0 Å². The van der Waals surface area contributed by atoms with E-state index in [0.29, 0.717) is 0 Å². The molecule has 0 spiro atoms. The van der Waals surface area contributed by atoms with Crippen molar-refractivity contribution in [3.05, 3.63) is 17.5 Å². The molecular weight excluding hydrogens is 238 g/mol. The van der Waals surface area contributed by atoms with E-state index in [-0.39, 0.29) is 11.5 Å². The van der Waals surface area contributed by atoms with Gasteiger partial charge in [0.2, 0.25) is 0 Å². The molecule has 1 rings (SSSR count). The van der Waals surface area contributed by atoms with Gasteiger partial charge in [0, 0.05) is 37.3 Å². The third-order valence-electron chi connectivity index (χ3n) is 2.92. The van der Waals surface area contributed by atoms with Gasteiger partial charge in [-0.1, -0.05) is 20.8 Å². The van der Waals surface area contributed by atoms with E-state index in [1.54, 1.807) is 4.68 Å². The van der Waals surface area contributed by atoms with Crippen LogP contribution in [0.3, 0.4) is 0 Å². The average Bonchev–Trinajstić information content (AvgIpc) is 2.66. The molecule has 0 saturated carbocycles. The average molecular weight is 263 g/mol. The van der Waals surface area contributed by atoms with Crippen LogP contribution >= 0.6 is 0 Å². The second-order valence-electron chi connectivity index (χ2n) is 6.18. The van der Waals surface area contributed by atoms with Crippen LogP contribution in [0.4, 0.5) is 0 Å². The Morgan fingerprint density at radius 1 is 1.47 bits per heavy atom. The standard InChI is InChI=1S/C14H25N5/c1-14(2,3)13-11(10-19(6)17-13)12(9-15)16-7-8-18(4)5/h10,12,16H,7-8H2,1-6H3. The van der Waals surface area contributed by atoms with Gasteiger partial charge in [0.15, 0.2) is 0 Å². The zero-order valence-corrected chi connectivity index (χ0v) is 12.9. The van der Waals surface area contributed by atoms with Crippen molar-refractivity contribution in [1.82, 2.24) is 20.0 Å². The molecule has 0 amide bonds. The summed E-state index contributed by atoms with van der Waals surface area (Å²) in [4.78, 5) is 2.09. The number of nitrogens with one attached hydrogen (secondary N) is 1. The van der Waals surface area contributed by atoms with Crippen LogP contribution < -0.4 is 5.32 Å². The Labute approximate surface area is 116 Å². The maximum absolute atomic E-state index is 9.38.